The van der Waals surface area contributed by atoms with Gasteiger partial charge >= 0.3 is 0 Å². The van der Waals surface area contributed by atoms with E-state index in [4.69, 9.17) is 16.7 Å². The lowest BCUT2D eigenvalue weighted by molar-refractivity contribution is -0.121. The molecule has 33 heavy (non-hydrogen) atoms. The second-order valence-electron chi connectivity index (χ2n) is 8.30. The van der Waals surface area contributed by atoms with Crippen molar-refractivity contribution in [1.82, 2.24) is 9.62 Å². The van der Waals surface area contributed by atoms with Gasteiger partial charge in [0.25, 0.3) is 16.1 Å². The molecule has 0 spiro atoms. The number of nitrogens with two attached hydrogens (primary N) is 1. The van der Waals surface area contributed by atoms with Crippen LogP contribution >= 0.6 is 11.6 Å². The molecule has 1 saturated heterocycles. The normalized spacial score (nSPS) is 19.0. The summed E-state index contributed by atoms with van der Waals surface area (Å²) in [7, 11) is -2.65. The Morgan fingerprint density at radius 2 is 1.91 bits per heavy atom. The summed E-state index contributed by atoms with van der Waals surface area (Å²) in [5.74, 6) is -1.91. The summed E-state index contributed by atoms with van der Waals surface area (Å²) in [5, 5.41) is 10.2. The zero-order chi connectivity index (χ0) is 24.6. The minimum Gasteiger partial charge on any atom is -0.355 e. The molecular formula is C22H26ClFN4O4S. The molecule has 178 valence electrons. The summed E-state index contributed by atoms with van der Waals surface area (Å²) in [5.41, 5.74) is 0.128. The van der Waals surface area contributed by atoms with E-state index in [1.807, 2.05) is 26.0 Å². The second-order valence-corrected chi connectivity index (χ2v) is 10.3. The monoisotopic (exact) mass is 496 g/mol. The molecule has 1 atom stereocenters. The number of carbonyl (C=O) groups is 2. The smallest absolute Gasteiger partial charge is 0.276 e. The Morgan fingerprint density at radius 1 is 1.24 bits per heavy atom. The van der Waals surface area contributed by atoms with Crippen LogP contribution in [0.3, 0.4) is 0 Å². The maximum atomic E-state index is 14.2. The van der Waals surface area contributed by atoms with E-state index in [2.05, 4.69) is 10.6 Å². The maximum absolute atomic E-state index is 14.2. The Labute approximate surface area is 197 Å². The van der Waals surface area contributed by atoms with Crippen LogP contribution in [0.4, 0.5) is 10.1 Å². The van der Waals surface area contributed by atoms with Crippen molar-refractivity contribution >= 4 is 39.3 Å². The van der Waals surface area contributed by atoms with Gasteiger partial charge in [0.2, 0.25) is 5.91 Å². The van der Waals surface area contributed by atoms with Crippen molar-refractivity contribution in [2.24, 2.45) is 5.14 Å². The molecule has 1 fully saturated rings. The van der Waals surface area contributed by atoms with Crippen molar-refractivity contribution < 1.29 is 22.4 Å². The lowest BCUT2D eigenvalue weighted by Crippen LogP contribution is -2.45. The molecule has 1 aliphatic rings. The molecule has 2 amide bonds. The quantitative estimate of drug-likeness (QED) is 0.569. The largest absolute Gasteiger partial charge is 0.355 e. The van der Waals surface area contributed by atoms with Gasteiger partial charge in [-0.3, -0.25) is 9.59 Å². The van der Waals surface area contributed by atoms with E-state index in [1.54, 1.807) is 12.1 Å². The van der Waals surface area contributed by atoms with Crippen LogP contribution in [0.25, 0.3) is 0 Å². The fourth-order valence-electron chi connectivity index (χ4n) is 4.17. The number of anilines is 1. The van der Waals surface area contributed by atoms with E-state index in [0.717, 1.165) is 22.0 Å². The summed E-state index contributed by atoms with van der Waals surface area (Å²) in [6, 6.07) is 9.38. The zero-order valence-electron chi connectivity index (χ0n) is 18.5. The van der Waals surface area contributed by atoms with Crippen LogP contribution in [0, 0.1) is 5.82 Å². The molecule has 0 saturated carbocycles. The summed E-state index contributed by atoms with van der Waals surface area (Å²) in [4.78, 5) is 26.1. The first-order chi connectivity index (χ1) is 15.4. The molecule has 2 aromatic carbocycles. The third kappa shape index (κ3) is 4.89. The third-order valence-electron chi connectivity index (χ3n) is 5.91. The lowest BCUT2D eigenvalue weighted by atomic mass is 9.74. The van der Waals surface area contributed by atoms with Gasteiger partial charge in [-0.25, -0.2) is 9.53 Å². The standard InChI is InChI=1S/C22H26ClFN4O4S/c1-13(2)14-6-4-5-7-16(14)22(8-9-28(12-22)33(25,31)32)21(30)27-19-11-18(24)17(23)10-15(19)20(29)26-3/h4-7,10-11,13H,8-9,12H2,1-3H3,(H,26,29)(H,27,30)(H2,25,31,32). The topological polar surface area (TPSA) is 122 Å². The molecule has 4 N–H and O–H groups in total. The molecule has 0 aromatic heterocycles. The predicted octanol–water partition coefficient (Wildman–Crippen LogP) is 2.75. The van der Waals surface area contributed by atoms with Crippen molar-refractivity contribution in [3.05, 3.63) is 63.9 Å². The molecule has 8 nitrogen and oxygen atoms in total. The average Bonchev–Trinajstić information content (AvgIpc) is 3.23. The lowest BCUT2D eigenvalue weighted by Gasteiger charge is -2.31. The Balaban J connectivity index is 2.14. The van der Waals surface area contributed by atoms with Gasteiger partial charge in [-0.05, 0) is 35.6 Å². The molecule has 0 bridgehead atoms. The number of rotatable bonds is 6. The molecular weight excluding hydrogens is 471 g/mol. The number of carbonyl (C=O) groups excluding carboxylic acids is 2. The summed E-state index contributed by atoms with van der Waals surface area (Å²) < 4.78 is 39.4. The van der Waals surface area contributed by atoms with Crippen molar-refractivity contribution in [3.8, 4) is 0 Å². The molecule has 11 heteroatoms. The van der Waals surface area contributed by atoms with Crippen LogP contribution in [0.5, 0.6) is 0 Å². The molecule has 0 radical (unpaired) electrons. The SMILES string of the molecule is CNC(=O)c1cc(Cl)c(F)cc1NC(=O)C1(c2ccccc2C(C)C)CCN(S(N)(=O)=O)C1. The minimum absolute atomic E-state index is 0.0224. The van der Waals surface area contributed by atoms with E-state index < -0.39 is 33.3 Å². The van der Waals surface area contributed by atoms with Crippen molar-refractivity contribution in [3.63, 3.8) is 0 Å². The summed E-state index contributed by atoms with van der Waals surface area (Å²) in [6.45, 7) is 3.78. The fourth-order valence-corrected chi connectivity index (χ4v) is 5.08. The van der Waals surface area contributed by atoms with E-state index >= 15 is 0 Å². The van der Waals surface area contributed by atoms with Gasteiger partial charge in [-0.1, -0.05) is 49.7 Å². The second kappa shape index (κ2) is 9.38. The van der Waals surface area contributed by atoms with Gasteiger partial charge in [0.05, 0.1) is 21.7 Å². The van der Waals surface area contributed by atoms with Gasteiger partial charge in [-0.2, -0.15) is 12.7 Å². The highest BCUT2D eigenvalue weighted by Crippen LogP contribution is 2.40. The van der Waals surface area contributed by atoms with Crippen molar-refractivity contribution in [2.75, 3.05) is 25.5 Å². The highest BCUT2D eigenvalue weighted by molar-refractivity contribution is 7.86. The van der Waals surface area contributed by atoms with E-state index in [-0.39, 0.29) is 41.7 Å². The molecule has 1 unspecified atom stereocenters. The first-order valence-corrected chi connectivity index (χ1v) is 12.2. The number of hydrogen-bond donors (Lipinski definition) is 3. The number of nitrogens with zero attached hydrogens (tertiary/aromatic N) is 1. The van der Waals surface area contributed by atoms with Gasteiger partial charge in [0.15, 0.2) is 0 Å². The third-order valence-corrected chi connectivity index (χ3v) is 7.23. The molecule has 1 heterocycles. The van der Waals surface area contributed by atoms with Gasteiger partial charge in [0.1, 0.15) is 5.82 Å². The highest BCUT2D eigenvalue weighted by atomic mass is 35.5. The Hall–Kier alpha value is -2.53. The number of hydrogen-bond acceptors (Lipinski definition) is 4. The van der Waals surface area contributed by atoms with E-state index in [0.29, 0.717) is 5.56 Å². The Kier molecular flexibility index (Phi) is 7.13. The highest BCUT2D eigenvalue weighted by Gasteiger charge is 2.49. The van der Waals surface area contributed by atoms with Crippen LogP contribution in [-0.2, 0) is 20.4 Å². The predicted molar refractivity (Wildman–Crippen MR) is 125 cm³/mol. The van der Waals surface area contributed by atoms with E-state index in [1.165, 1.54) is 7.05 Å². The Morgan fingerprint density at radius 3 is 2.48 bits per heavy atom. The van der Waals surface area contributed by atoms with Crippen molar-refractivity contribution in [1.29, 1.82) is 0 Å². The maximum Gasteiger partial charge on any atom is 0.276 e. The average molecular weight is 497 g/mol. The van der Waals surface area contributed by atoms with Crippen LogP contribution < -0.4 is 15.8 Å². The summed E-state index contributed by atoms with van der Waals surface area (Å²) >= 11 is 5.84. The van der Waals surface area contributed by atoms with Crippen molar-refractivity contribution in [2.45, 2.75) is 31.6 Å². The molecule has 1 aliphatic heterocycles. The van der Waals surface area contributed by atoms with Gasteiger partial charge in [-0.15, -0.1) is 0 Å². The molecule has 3 rings (SSSR count). The summed E-state index contributed by atoms with van der Waals surface area (Å²) in [6.07, 6.45) is 0.157. The fraction of sp³-hybridized carbons (Fsp3) is 0.364. The zero-order valence-corrected chi connectivity index (χ0v) is 20.1. The first-order valence-electron chi connectivity index (χ1n) is 10.3. The van der Waals surface area contributed by atoms with Crippen LogP contribution in [0.15, 0.2) is 36.4 Å². The number of amides is 2. The van der Waals surface area contributed by atoms with Crippen LogP contribution in [0.2, 0.25) is 5.02 Å². The Bertz CT molecular complexity index is 1200. The van der Waals surface area contributed by atoms with Gasteiger partial charge in [0, 0.05) is 20.1 Å². The number of benzene rings is 2. The molecule has 0 aliphatic carbocycles. The van der Waals surface area contributed by atoms with Crippen LogP contribution in [-0.4, -0.2) is 44.7 Å². The first kappa shape index (κ1) is 25.1. The van der Waals surface area contributed by atoms with Gasteiger partial charge < -0.3 is 10.6 Å². The molecule has 2 aromatic rings. The minimum atomic E-state index is -4.05. The van der Waals surface area contributed by atoms with Crippen LogP contribution in [0.1, 0.15) is 47.7 Å². The number of halogens is 2. The number of nitrogens with one attached hydrogen (secondary N) is 2. The van der Waals surface area contributed by atoms with E-state index in [9.17, 15) is 22.4 Å².